The van der Waals surface area contributed by atoms with Crippen LogP contribution in [-0.4, -0.2) is 33.1 Å². The lowest BCUT2D eigenvalue weighted by molar-refractivity contribution is 0.0996. The maximum absolute atomic E-state index is 12.0. The summed E-state index contributed by atoms with van der Waals surface area (Å²) in [5.74, 6) is 2.14. The number of furan rings is 1. The zero-order valence-corrected chi connectivity index (χ0v) is 20.5. The highest BCUT2D eigenvalue weighted by Crippen LogP contribution is 2.24. The number of hydrogen-bond donors (Lipinski definition) is 3. The molecule has 0 aliphatic carbocycles. The SMILES string of the molecule is CN=C(NCc1ccc(NC(=O)c2ccco2)cc1)NCc1ccc(OC)cc1OC.I. The minimum absolute atomic E-state index is 0. The topological polar surface area (TPSA) is 97.1 Å². The Bertz CT molecular complexity index is 1020. The Kier molecular flexibility index (Phi) is 9.86. The number of hydrogen-bond acceptors (Lipinski definition) is 5. The zero-order chi connectivity index (χ0) is 22.1. The van der Waals surface area contributed by atoms with Gasteiger partial charge in [-0.25, -0.2) is 0 Å². The van der Waals surface area contributed by atoms with E-state index >= 15 is 0 Å². The highest BCUT2D eigenvalue weighted by Gasteiger charge is 2.09. The Hall–Kier alpha value is -3.21. The van der Waals surface area contributed by atoms with Crippen LogP contribution in [0.4, 0.5) is 5.69 Å². The highest BCUT2D eigenvalue weighted by atomic mass is 127. The number of anilines is 1. The van der Waals surface area contributed by atoms with Crippen LogP contribution in [0.2, 0.25) is 0 Å². The minimum Gasteiger partial charge on any atom is -0.497 e. The van der Waals surface area contributed by atoms with Crippen molar-refractivity contribution in [3.8, 4) is 11.5 Å². The van der Waals surface area contributed by atoms with Gasteiger partial charge in [0.25, 0.3) is 5.91 Å². The van der Waals surface area contributed by atoms with E-state index in [1.807, 2.05) is 42.5 Å². The second kappa shape index (κ2) is 12.6. The van der Waals surface area contributed by atoms with Gasteiger partial charge in [-0.3, -0.25) is 9.79 Å². The molecule has 0 saturated heterocycles. The smallest absolute Gasteiger partial charge is 0.291 e. The molecule has 0 aliphatic heterocycles. The van der Waals surface area contributed by atoms with E-state index in [9.17, 15) is 4.79 Å². The van der Waals surface area contributed by atoms with Crippen molar-refractivity contribution >= 4 is 41.5 Å². The fourth-order valence-corrected chi connectivity index (χ4v) is 2.89. The quantitative estimate of drug-likeness (QED) is 0.223. The fraction of sp³-hybridized carbons (Fsp3) is 0.217. The first-order valence-corrected chi connectivity index (χ1v) is 9.72. The largest absolute Gasteiger partial charge is 0.497 e. The average molecular weight is 550 g/mol. The second-order valence-corrected chi connectivity index (χ2v) is 6.59. The number of amides is 1. The van der Waals surface area contributed by atoms with E-state index in [2.05, 4.69) is 20.9 Å². The molecule has 0 atom stereocenters. The molecule has 3 aromatic rings. The van der Waals surface area contributed by atoms with Crippen LogP contribution in [0.5, 0.6) is 11.5 Å². The summed E-state index contributed by atoms with van der Waals surface area (Å²) >= 11 is 0. The van der Waals surface area contributed by atoms with E-state index in [1.54, 1.807) is 33.4 Å². The summed E-state index contributed by atoms with van der Waals surface area (Å²) in [5, 5.41) is 9.34. The van der Waals surface area contributed by atoms with Gasteiger partial charge >= 0.3 is 0 Å². The molecule has 0 radical (unpaired) electrons. The zero-order valence-electron chi connectivity index (χ0n) is 18.2. The number of nitrogens with zero attached hydrogens (tertiary/aromatic N) is 1. The van der Waals surface area contributed by atoms with Crippen LogP contribution in [0.3, 0.4) is 0 Å². The first-order chi connectivity index (χ1) is 15.1. The monoisotopic (exact) mass is 550 g/mol. The van der Waals surface area contributed by atoms with E-state index in [4.69, 9.17) is 13.9 Å². The van der Waals surface area contributed by atoms with Gasteiger partial charge in [0, 0.05) is 37.5 Å². The van der Waals surface area contributed by atoms with Crippen LogP contribution in [0, 0.1) is 0 Å². The van der Waals surface area contributed by atoms with Gasteiger partial charge in [0.05, 0.1) is 20.5 Å². The number of ether oxygens (including phenoxy) is 2. The second-order valence-electron chi connectivity index (χ2n) is 6.59. The van der Waals surface area contributed by atoms with Gasteiger partial charge in [-0.2, -0.15) is 0 Å². The average Bonchev–Trinajstić information content (AvgIpc) is 3.35. The number of methoxy groups -OCH3 is 2. The number of carbonyl (C=O) groups is 1. The normalized spacial score (nSPS) is 10.7. The third kappa shape index (κ3) is 6.91. The number of nitrogens with one attached hydrogen (secondary N) is 3. The summed E-state index contributed by atoms with van der Waals surface area (Å²) < 4.78 is 15.8. The van der Waals surface area contributed by atoms with Crippen molar-refractivity contribution in [1.29, 1.82) is 0 Å². The Morgan fingerprint density at radius 3 is 2.38 bits per heavy atom. The third-order valence-corrected chi connectivity index (χ3v) is 4.58. The number of carbonyl (C=O) groups excluding carboxylic acids is 1. The van der Waals surface area contributed by atoms with E-state index in [0.717, 1.165) is 22.6 Å². The maximum Gasteiger partial charge on any atom is 0.291 e. The molecule has 1 amide bonds. The van der Waals surface area contributed by atoms with Crippen molar-refractivity contribution in [2.45, 2.75) is 13.1 Å². The molecule has 0 aliphatic rings. The minimum atomic E-state index is -0.283. The highest BCUT2D eigenvalue weighted by molar-refractivity contribution is 14.0. The lowest BCUT2D eigenvalue weighted by Crippen LogP contribution is -2.36. The maximum atomic E-state index is 12.0. The molecule has 0 bridgehead atoms. The molecule has 8 nitrogen and oxygen atoms in total. The fourth-order valence-electron chi connectivity index (χ4n) is 2.89. The van der Waals surface area contributed by atoms with Gasteiger partial charge in [-0.1, -0.05) is 12.1 Å². The Balaban J connectivity index is 0.00000363. The lowest BCUT2D eigenvalue weighted by atomic mass is 10.2. The molecule has 3 N–H and O–H groups in total. The van der Waals surface area contributed by atoms with Crippen molar-refractivity contribution in [2.75, 3.05) is 26.6 Å². The molecule has 170 valence electrons. The summed E-state index contributed by atoms with van der Waals surface area (Å²) in [5.41, 5.74) is 2.73. The molecule has 32 heavy (non-hydrogen) atoms. The van der Waals surface area contributed by atoms with Gasteiger partial charge in [-0.05, 0) is 42.0 Å². The summed E-state index contributed by atoms with van der Waals surface area (Å²) in [6.45, 7) is 1.12. The first kappa shape index (κ1) is 25.1. The standard InChI is InChI=1S/C23H26N4O4.HI/c1-24-23(26-15-17-8-11-19(29-2)13-21(17)30-3)25-14-16-6-9-18(10-7-16)27-22(28)20-5-4-12-31-20;/h4-13H,14-15H2,1-3H3,(H,27,28)(H2,24,25,26);1H. The molecule has 0 spiro atoms. The van der Waals surface area contributed by atoms with Crippen LogP contribution in [0.1, 0.15) is 21.7 Å². The van der Waals surface area contributed by atoms with E-state index in [1.165, 1.54) is 6.26 Å². The van der Waals surface area contributed by atoms with Crippen LogP contribution < -0.4 is 25.4 Å². The number of aliphatic imine (C=N–C) groups is 1. The predicted molar refractivity (Wildman–Crippen MR) is 135 cm³/mol. The number of guanidine groups is 1. The molecular formula is C23H27IN4O4. The van der Waals surface area contributed by atoms with Crippen molar-refractivity contribution in [3.63, 3.8) is 0 Å². The van der Waals surface area contributed by atoms with Gasteiger partial charge in [-0.15, -0.1) is 24.0 Å². The molecule has 0 saturated carbocycles. The van der Waals surface area contributed by atoms with E-state index in [-0.39, 0.29) is 35.6 Å². The van der Waals surface area contributed by atoms with Crippen molar-refractivity contribution in [3.05, 3.63) is 77.7 Å². The van der Waals surface area contributed by atoms with Crippen molar-refractivity contribution < 1.29 is 18.7 Å². The molecule has 2 aromatic carbocycles. The van der Waals surface area contributed by atoms with Gasteiger partial charge in [0.15, 0.2) is 11.7 Å². The number of rotatable bonds is 8. The summed E-state index contributed by atoms with van der Waals surface area (Å²) in [7, 11) is 4.97. The van der Waals surface area contributed by atoms with Crippen LogP contribution in [-0.2, 0) is 13.1 Å². The molecule has 3 rings (SSSR count). The number of halogens is 1. The van der Waals surface area contributed by atoms with Crippen LogP contribution >= 0.6 is 24.0 Å². The van der Waals surface area contributed by atoms with E-state index in [0.29, 0.717) is 24.7 Å². The van der Waals surface area contributed by atoms with E-state index < -0.39 is 0 Å². The van der Waals surface area contributed by atoms with Crippen LogP contribution in [0.25, 0.3) is 0 Å². The van der Waals surface area contributed by atoms with Gasteiger partial charge in [0.2, 0.25) is 0 Å². The van der Waals surface area contributed by atoms with Crippen molar-refractivity contribution in [1.82, 2.24) is 10.6 Å². The van der Waals surface area contributed by atoms with Gasteiger partial charge < -0.3 is 29.8 Å². The van der Waals surface area contributed by atoms with Crippen molar-refractivity contribution in [2.24, 2.45) is 4.99 Å². The van der Waals surface area contributed by atoms with Gasteiger partial charge in [0.1, 0.15) is 11.5 Å². The summed E-state index contributed by atoms with van der Waals surface area (Å²) in [6.07, 6.45) is 1.47. The first-order valence-electron chi connectivity index (χ1n) is 9.72. The molecule has 1 aromatic heterocycles. The van der Waals surface area contributed by atoms with Crippen LogP contribution in [0.15, 0.2) is 70.3 Å². The summed E-state index contributed by atoms with van der Waals surface area (Å²) in [6, 6.07) is 16.5. The molecule has 9 heteroatoms. The summed E-state index contributed by atoms with van der Waals surface area (Å²) in [4.78, 5) is 16.3. The Morgan fingerprint density at radius 2 is 1.75 bits per heavy atom. The Morgan fingerprint density at radius 1 is 1.00 bits per heavy atom. The molecule has 0 unspecified atom stereocenters. The lowest BCUT2D eigenvalue weighted by Gasteiger charge is -2.14. The molecule has 0 fully saturated rings. The molecular weight excluding hydrogens is 523 g/mol. The molecule has 1 heterocycles. The number of benzene rings is 2. The predicted octanol–water partition coefficient (Wildman–Crippen LogP) is 4.03. The Labute approximate surface area is 204 Å². The third-order valence-electron chi connectivity index (χ3n) is 4.58.